The summed E-state index contributed by atoms with van der Waals surface area (Å²) < 4.78 is 5.76. The van der Waals surface area contributed by atoms with E-state index >= 15 is 0 Å². The molecule has 0 unspecified atom stereocenters. The molecule has 1 rings (SSSR count). The van der Waals surface area contributed by atoms with Crippen LogP contribution in [-0.4, -0.2) is 38.7 Å². The molecule has 1 aromatic rings. The van der Waals surface area contributed by atoms with Crippen LogP contribution >= 0.6 is 0 Å². The fourth-order valence-electron chi connectivity index (χ4n) is 1.53. The Balaban J connectivity index is 2.43. The highest BCUT2D eigenvalue weighted by molar-refractivity contribution is 5.33. The first-order valence-electron chi connectivity index (χ1n) is 5.75. The molecule has 0 radical (unpaired) electrons. The molecule has 3 heteroatoms. The van der Waals surface area contributed by atoms with Gasteiger partial charge in [-0.1, -0.05) is 24.1 Å². The normalized spacial score (nSPS) is 10.2. The third-order valence-corrected chi connectivity index (χ3v) is 2.43. The molecule has 0 atom stereocenters. The zero-order chi connectivity index (χ0) is 12.5. The number of nitrogens with one attached hydrogen (secondary N) is 1. The molecule has 3 nitrogen and oxygen atoms in total. The van der Waals surface area contributed by atoms with E-state index in [0.717, 1.165) is 18.8 Å². The molecule has 0 aliphatic heterocycles. The lowest BCUT2D eigenvalue weighted by Crippen LogP contribution is -2.24. The van der Waals surface area contributed by atoms with Crippen molar-refractivity contribution >= 4 is 0 Å². The van der Waals surface area contributed by atoms with E-state index in [1.165, 1.54) is 5.56 Å². The van der Waals surface area contributed by atoms with Crippen LogP contribution in [0.4, 0.5) is 0 Å². The Morgan fingerprint density at radius 2 is 2.18 bits per heavy atom. The highest BCUT2D eigenvalue weighted by atomic mass is 16.5. The first-order valence-corrected chi connectivity index (χ1v) is 5.75. The van der Waals surface area contributed by atoms with Gasteiger partial charge in [-0.15, -0.1) is 6.42 Å². The first-order chi connectivity index (χ1) is 8.27. The summed E-state index contributed by atoms with van der Waals surface area (Å²) in [6.45, 7) is 2.95. The SMILES string of the molecule is C#CCN(C)CCOc1ccccc1CNC. The fraction of sp³-hybridized carbons (Fsp3) is 0.429. The predicted molar refractivity (Wildman–Crippen MR) is 71.0 cm³/mol. The van der Waals surface area contributed by atoms with E-state index in [2.05, 4.69) is 22.2 Å². The molecule has 0 aliphatic rings. The summed E-state index contributed by atoms with van der Waals surface area (Å²) in [4.78, 5) is 2.06. The van der Waals surface area contributed by atoms with Crippen LogP contribution in [0.1, 0.15) is 5.56 Å². The summed E-state index contributed by atoms with van der Waals surface area (Å²) in [6, 6.07) is 8.06. The number of hydrogen-bond donors (Lipinski definition) is 1. The Bertz CT molecular complexity index is 371. The third-order valence-electron chi connectivity index (χ3n) is 2.43. The van der Waals surface area contributed by atoms with Gasteiger partial charge in [0.15, 0.2) is 0 Å². The molecule has 0 aliphatic carbocycles. The number of likely N-dealkylation sites (N-methyl/N-ethyl adjacent to an activating group) is 1. The Morgan fingerprint density at radius 1 is 1.41 bits per heavy atom. The second-order valence-corrected chi connectivity index (χ2v) is 3.93. The van der Waals surface area contributed by atoms with Crippen molar-refractivity contribution < 1.29 is 4.74 Å². The van der Waals surface area contributed by atoms with Gasteiger partial charge < -0.3 is 10.1 Å². The number of para-hydroxylation sites is 1. The van der Waals surface area contributed by atoms with Crippen LogP contribution in [0, 0.1) is 12.3 Å². The van der Waals surface area contributed by atoms with Gasteiger partial charge in [0.25, 0.3) is 0 Å². The van der Waals surface area contributed by atoms with Crippen LogP contribution in [0.3, 0.4) is 0 Å². The molecule has 0 saturated heterocycles. The van der Waals surface area contributed by atoms with Gasteiger partial charge >= 0.3 is 0 Å². The maximum Gasteiger partial charge on any atom is 0.123 e. The minimum absolute atomic E-state index is 0.652. The summed E-state index contributed by atoms with van der Waals surface area (Å²) in [5, 5.41) is 3.13. The number of terminal acetylenes is 1. The minimum Gasteiger partial charge on any atom is -0.492 e. The Hall–Kier alpha value is -1.50. The van der Waals surface area contributed by atoms with Gasteiger partial charge in [0.1, 0.15) is 12.4 Å². The highest BCUT2D eigenvalue weighted by Crippen LogP contribution is 2.17. The van der Waals surface area contributed by atoms with Gasteiger partial charge in [-0.2, -0.15) is 0 Å². The summed E-state index contributed by atoms with van der Waals surface area (Å²) >= 11 is 0. The summed E-state index contributed by atoms with van der Waals surface area (Å²) in [7, 11) is 3.92. The van der Waals surface area contributed by atoms with E-state index in [1.54, 1.807) is 0 Å². The number of hydrogen-bond acceptors (Lipinski definition) is 3. The quantitative estimate of drug-likeness (QED) is 0.718. The lowest BCUT2D eigenvalue weighted by Gasteiger charge is -2.15. The molecule has 1 aromatic carbocycles. The number of nitrogens with zero attached hydrogens (tertiary/aromatic N) is 1. The van der Waals surface area contributed by atoms with Crippen LogP contribution in [-0.2, 0) is 6.54 Å². The molecule has 0 amide bonds. The standard InChI is InChI=1S/C14H20N2O/c1-4-9-16(3)10-11-17-14-8-6-5-7-13(14)12-15-2/h1,5-8,15H,9-12H2,2-3H3. The minimum atomic E-state index is 0.652. The van der Waals surface area contributed by atoms with Crippen molar-refractivity contribution in [1.82, 2.24) is 10.2 Å². The highest BCUT2D eigenvalue weighted by Gasteiger charge is 2.02. The van der Waals surface area contributed by atoms with E-state index in [0.29, 0.717) is 13.2 Å². The number of rotatable bonds is 7. The number of benzene rings is 1. The van der Waals surface area contributed by atoms with E-state index in [4.69, 9.17) is 11.2 Å². The average Bonchev–Trinajstić information content (AvgIpc) is 2.32. The summed E-state index contributed by atoms with van der Waals surface area (Å²) in [5.41, 5.74) is 1.18. The largest absolute Gasteiger partial charge is 0.492 e. The second kappa shape index (κ2) is 7.72. The fourth-order valence-corrected chi connectivity index (χ4v) is 1.53. The number of ether oxygens (including phenoxy) is 1. The molecule has 92 valence electrons. The van der Waals surface area contributed by atoms with Gasteiger partial charge in [-0.05, 0) is 20.2 Å². The molecular formula is C14H20N2O. The van der Waals surface area contributed by atoms with Crippen LogP contribution in [0.25, 0.3) is 0 Å². The van der Waals surface area contributed by atoms with Crippen molar-refractivity contribution in [3.63, 3.8) is 0 Å². The van der Waals surface area contributed by atoms with E-state index in [9.17, 15) is 0 Å². The van der Waals surface area contributed by atoms with Crippen molar-refractivity contribution in [3.05, 3.63) is 29.8 Å². The van der Waals surface area contributed by atoms with Gasteiger partial charge in [0.2, 0.25) is 0 Å². The molecule has 0 spiro atoms. The van der Waals surface area contributed by atoms with Crippen LogP contribution < -0.4 is 10.1 Å². The summed E-state index contributed by atoms with van der Waals surface area (Å²) in [6.07, 6.45) is 5.24. The molecule has 0 fully saturated rings. The molecule has 0 bridgehead atoms. The van der Waals surface area contributed by atoms with Crippen molar-refractivity contribution in [2.24, 2.45) is 0 Å². The first kappa shape index (κ1) is 13.6. The molecule has 17 heavy (non-hydrogen) atoms. The maximum atomic E-state index is 5.76. The Labute approximate surface area is 104 Å². The van der Waals surface area contributed by atoms with Crippen LogP contribution in [0.2, 0.25) is 0 Å². The molecule has 0 saturated carbocycles. The van der Waals surface area contributed by atoms with E-state index in [1.807, 2.05) is 32.3 Å². The van der Waals surface area contributed by atoms with Crippen molar-refractivity contribution in [1.29, 1.82) is 0 Å². The van der Waals surface area contributed by atoms with E-state index < -0.39 is 0 Å². The Kier molecular flexibility index (Phi) is 6.16. The Morgan fingerprint density at radius 3 is 2.88 bits per heavy atom. The molecule has 0 heterocycles. The van der Waals surface area contributed by atoms with Gasteiger partial charge in [0, 0.05) is 18.7 Å². The van der Waals surface area contributed by atoms with Gasteiger partial charge in [0.05, 0.1) is 6.54 Å². The lowest BCUT2D eigenvalue weighted by atomic mass is 10.2. The third kappa shape index (κ3) is 4.90. The van der Waals surface area contributed by atoms with Gasteiger partial charge in [-0.25, -0.2) is 0 Å². The van der Waals surface area contributed by atoms with Crippen LogP contribution in [0.15, 0.2) is 24.3 Å². The van der Waals surface area contributed by atoms with Gasteiger partial charge in [-0.3, -0.25) is 4.90 Å². The second-order valence-electron chi connectivity index (χ2n) is 3.93. The maximum absolute atomic E-state index is 5.76. The van der Waals surface area contributed by atoms with Crippen molar-refractivity contribution in [2.45, 2.75) is 6.54 Å². The lowest BCUT2D eigenvalue weighted by molar-refractivity contribution is 0.249. The van der Waals surface area contributed by atoms with Crippen LogP contribution in [0.5, 0.6) is 5.75 Å². The zero-order valence-electron chi connectivity index (χ0n) is 10.6. The average molecular weight is 232 g/mol. The smallest absolute Gasteiger partial charge is 0.123 e. The molecule has 0 aromatic heterocycles. The molecular weight excluding hydrogens is 212 g/mol. The van der Waals surface area contributed by atoms with Crippen molar-refractivity contribution in [3.8, 4) is 18.1 Å². The van der Waals surface area contributed by atoms with E-state index in [-0.39, 0.29) is 0 Å². The summed E-state index contributed by atoms with van der Waals surface area (Å²) in [5.74, 6) is 3.55. The molecule has 1 N–H and O–H groups in total. The monoisotopic (exact) mass is 232 g/mol. The predicted octanol–water partition coefficient (Wildman–Crippen LogP) is 1.35. The zero-order valence-corrected chi connectivity index (χ0v) is 10.6. The van der Waals surface area contributed by atoms with Crippen molar-refractivity contribution in [2.75, 3.05) is 33.8 Å². The topological polar surface area (TPSA) is 24.5 Å².